The number of aromatic nitrogens is 4. The summed E-state index contributed by atoms with van der Waals surface area (Å²) in [5.41, 5.74) is 17.5. The fraction of sp³-hybridized carbons (Fsp3) is 0. The van der Waals surface area contributed by atoms with Gasteiger partial charge in [0.25, 0.3) is 0 Å². The second-order valence-corrected chi connectivity index (χ2v) is 15.6. The molecule has 0 saturated carbocycles. The average Bonchev–Trinajstić information content (AvgIpc) is 3.87. The number of pyridine rings is 1. The predicted octanol–water partition coefficient (Wildman–Crippen LogP) is 14.7. The van der Waals surface area contributed by atoms with Crippen molar-refractivity contribution in [2.75, 3.05) is 0 Å². The molecule has 0 unspecified atom stereocenters. The van der Waals surface area contributed by atoms with Crippen molar-refractivity contribution < 1.29 is 0 Å². The molecule has 61 heavy (non-hydrogen) atoms. The highest BCUT2D eigenvalue weighted by Gasteiger charge is 2.21. The summed E-state index contributed by atoms with van der Waals surface area (Å²) in [6.45, 7) is 0. The van der Waals surface area contributed by atoms with Crippen LogP contribution in [0.3, 0.4) is 0 Å². The molecule has 284 valence electrons. The summed E-state index contributed by atoms with van der Waals surface area (Å²) in [5, 5.41) is 5.09. The van der Waals surface area contributed by atoms with Crippen molar-refractivity contribution in [2.45, 2.75) is 0 Å². The lowest BCUT2D eigenvalue weighted by Crippen LogP contribution is -1.96. The lowest BCUT2D eigenvalue weighted by molar-refractivity contribution is 1.18. The summed E-state index contributed by atoms with van der Waals surface area (Å²) >= 11 is 0. The van der Waals surface area contributed by atoms with Gasteiger partial charge < -0.3 is 4.40 Å². The molecule has 0 atom stereocenters. The summed E-state index contributed by atoms with van der Waals surface area (Å²) in [4.78, 5) is 14.9. The Morgan fingerprint density at radius 2 is 0.803 bits per heavy atom. The third-order valence-electron chi connectivity index (χ3n) is 12.0. The molecule has 0 fully saturated rings. The number of benzene rings is 8. The van der Waals surface area contributed by atoms with Crippen molar-refractivity contribution in [1.82, 2.24) is 19.4 Å². The van der Waals surface area contributed by atoms with Gasteiger partial charge in [0.2, 0.25) is 0 Å². The van der Waals surface area contributed by atoms with Gasteiger partial charge in [0.05, 0.1) is 33.6 Å². The quantitative estimate of drug-likeness (QED) is 0.162. The van der Waals surface area contributed by atoms with Crippen LogP contribution in [0.15, 0.2) is 219 Å². The van der Waals surface area contributed by atoms with Gasteiger partial charge in [-0.25, -0.2) is 9.97 Å². The van der Waals surface area contributed by atoms with E-state index < -0.39 is 0 Å². The van der Waals surface area contributed by atoms with E-state index in [1.807, 2.05) is 42.6 Å². The molecule has 4 nitrogen and oxygen atoms in total. The van der Waals surface area contributed by atoms with Crippen LogP contribution in [0.25, 0.3) is 117 Å². The highest BCUT2D eigenvalue weighted by molar-refractivity contribution is 6.25. The first-order valence-corrected chi connectivity index (χ1v) is 20.7. The maximum Gasteiger partial charge on any atom is 0.160 e. The third kappa shape index (κ3) is 5.96. The zero-order valence-electron chi connectivity index (χ0n) is 33.1. The predicted molar refractivity (Wildman–Crippen MR) is 253 cm³/mol. The molecule has 4 heteroatoms. The van der Waals surface area contributed by atoms with Gasteiger partial charge in [-0.1, -0.05) is 170 Å². The fourth-order valence-electron chi connectivity index (χ4n) is 9.12. The average molecular weight is 777 g/mol. The van der Waals surface area contributed by atoms with Crippen molar-refractivity contribution >= 4 is 38.1 Å². The Kier molecular flexibility index (Phi) is 8.13. The second-order valence-electron chi connectivity index (χ2n) is 15.6. The molecule has 0 spiro atoms. The van der Waals surface area contributed by atoms with Crippen LogP contribution in [-0.4, -0.2) is 19.4 Å². The van der Waals surface area contributed by atoms with Crippen molar-refractivity contribution in [3.63, 3.8) is 0 Å². The Bertz CT molecular complexity index is 3570. The largest absolute Gasteiger partial charge is 0.307 e. The molecular weight excluding hydrogens is 741 g/mol. The molecule has 0 amide bonds. The maximum atomic E-state index is 5.18. The normalized spacial score (nSPS) is 11.6. The van der Waals surface area contributed by atoms with Crippen LogP contribution in [0, 0.1) is 0 Å². The van der Waals surface area contributed by atoms with E-state index in [0.717, 1.165) is 50.5 Å². The Morgan fingerprint density at radius 3 is 1.49 bits per heavy atom. The summed E-state index contributed by atoms with van der Waals surface area (Å²) < 4.78 is 2.51. The molecule has 0 aliphatic heterocycles. The number of hydrogen-bond donors (Lipinski definition) is 0. The van der Waals surface area contributed by atoms with Crippen LogP contribution < -0.4 is 0 Å². The van der Waals surface area contributed by atoms with Gasteiger partial charge in [-0.2, -0.15) is 0 Å². The minimum Gasteiger partial charge on any atom is -0.307 e. The SMILES string of the molecule is c1ccc(-c2ccc3c4cccc5c6cccc(-c7cccc(-c8cccc(-c9cc(-c%10cccc(-c%11ccccn%11)c%10)nc(-c%10ccccc%10)n9)c8)c7)c6n(c3c2)c45)cc1. The Balaban J connectivity index is 0.984. The lowest BCUT2D eigenvalue weighted by Gasteiger charge is -2.12. The van der Waals surface area contributed by atoms with Crippen LogP contribution in [-0.2, 0) is 0 Å². The van der Waals surface area contributed by atoms with E-state index in [4.69, 9.17) is 9.97 Å². The molecule has 0 radical (unpaired) electrons. The number of nitrogens with zero attached hydrogens (tertiary/aromatic N) is 4. The first kappa shape index (κ1) is 34.8. The van der Waals surface area contributed by atoms with Crippen molar-refractivity contribution in [3.8, 4) is 78.5 Å². The van der Waals surface area contributed by atoms with Crippen LogP contribution in [0.2, 0.25) is 0 Å². The molecular formula is C57H36N4. The van der Waals surface area contributed by atoms with E-state index in [1.165, 1.54) is 60.3 Å². The summed E-state index contributed by atoms with van der Waals surface area (Å²) in [6, 6.07) is 75.5. The Morgan fingerprint density at radius 1 is 0.295 bits per heavy atom. The lowest BCUT2D eigenvalue weighted by atomic mass is 9.95. The van der Waals surface area contributed by atoms with E-state index in [9.17, 15) is 0 Å². The van der Waals surface area contributed by atoms with E-state index in [2.05, 4.69) is 185 Å². The topological polar surface area (TPSA) is 43.1 Å². The maximum absolute atomic E-state index is 5.18. The number of fused-ring (bicyclic) bond motifs is 6. The Labute approximate surface area is 353 Å². The number of para-hydroxylation sites is 2. The van der Waals surface area contributed by atoms with E-state index in [-0.39, 0.29) is 0 Å². The van der Waals surface area contributed by atoms with Crippen LogP contribution in [0.5, 0.6) is 0 Å². The van der Waals surface area contributed by atoms with Gasteiger partial charge >= 0.3 is 0 Å². The van der Waals surface area contributed by atoms with Crippen LogP contribution in [0.1, 0.15) is 0 Å². The molecule has 4 aromatic heterocycles. The first-order chi connectivity index (χ1) is 30.2. The molecule has 4 heterocycles. The molecule has 0 aliphatic carbocycles. The van der Waals surface area contributed by atoms with Gasteiger partial charge in [-0.15, -0.1) is 0 Å². The van der Waals surface area contributed by atoms with Gasteiger partial charge in [-0.3, -0.25) is 4.98 Å². The molecule has 0 bridgehead atoms. The standard InChI is InChI=1S/C57H36N4/c1-3-14-37(15-4-1)41-29-30-47-48-25-13-27-50-49-26-12-24-46(55(49)61(56(48)50)54(47)35-41)42-20-9-18-39(32-42)40-19-10-22-44(33-40)52-36-53(60-57(59-52)38-16-5-2-6-17-38)45-23-11-21-43(34-45)51-28-7-8-31-58-51/h1-36H. The van der Waals surface area contributed by atoms with Gasteiger partial charge in [0.1, 0.15) is 0 Å². The first-order valence-electron chi connectivity index (χ1n) is 20.7. The fourth-order valence-corrected chi connectivity index (χ4v) is 9.12. The molecule has 12 aromatic rings. The van der Waals surface area contributed by atoms with Crippen molar-refractivity contribution in [2.24, 2.45) is 0 Å². The summed E-state index contributed by atoms with van der Waals surface area (Å²) in [7, 11) is 0. The van der Waals surface area contributed by atoms with Crippen molar-refractivity contribution in [3.05, 3.63) is 219 Å². The third-order valence-corrected chi connectivity index (χ3v) is 12.0. The smallest absolute Gasteiger partial charge is 0.160 e. The Hall–Kier alpha value is -8.21. The monoisotopic (exact) mass is 776 g/mol. The molecule has 0 N–H and O–H groups in total. The summed E-state index contributed by atoms with van der Waals surface area (Å²) in [6.07, 6.45) is 1.83. The summed E-state index contributed by atoms with van der Waals surface area (Å²) in [5.74, 6) is 0.685. The number of hydrogen-bond acceptors (Lipinski definition) is 3. The molecule has 0 aliphatic rings. The van der Waals surface area contributed by atoms with Crippen LogP contribution >= 0.6 is 0 Å². The van der Waals surface area contributed by atoms with Gasteiger partial charge in [0, 0.05) is 55.6 Å². The van der Waals surface area contributed by atoms with E-state index >= 15 is 0 Å². The zero-order chi connectivity index (χ0) is 40.3. The minimum absolute atomic E-state index is 0.685. The minimum atomic E-state index is 0.685. The van der Waals surface area contributed by atoms with Crippen LogP contribution in [0.4, 0.5) is 0 Å². The number of rotatable bonds is 7. The molecule has 8 aromatic carbocycles. The zero-order valence-corrected chi connectivity index (χ0v) is 33.1. The van der Waals surface area contributed by atoms with Gasteiger partial charge in [-0.05, 0) is 70.3 Å². The molecule has 12 rings (SSSR count). The van der Waals surface area contributed by atoms with Crippen molar-refractivity contribution in [1.29, 1.82) is 0 Å². The highest BCUT2D eigenvalue weighted by atomic mass is 14.9. The highest BCUT2D eigenvalue weighted by Crippen LogP contribution is 2.44. The van der Waals surface area contributed by atoms with E-state index in [0.29, 0.717) is 5.82 Å². The van der Waals surface area contributed by atoms with E-state index in [1.54, 1.807) is 0 Å². The van der Waals surface area contributed by atoms with Gasteiger partial charge in [0.15, 0.2) is 5.82 Å². The second kappa shape index (κ2) is 14.3. The molecule has 0 saturated heterocycles.